The number of para-hydroxylation sites is 1. The number of aromatic nitrogens is 1. The highest BCUT2D eigenvalue weighted by molar-refractivity contribution is 6.01. The Hall–Kier alpha value is -2.01. The zero-order chi connectivity index (χ0) is 13.0. The quantitative estimate of drug-likeness (QED) is 0.771. The lowest BCUT2D eigenvalue weighted by Crippen LogP contribution is -2.30. The van der Waals surface area contributed by atoms with Gasteiger partial charge in [-0.2, -0.15) is 0 Å². The van der Waals surface area contributed by atoms with Gasteiger partial charge in [-0.3, -0.25) is 0 Å². The maximum Gasteiger partial charge on any atom is 0.319 e. The lowest BCUT2D eigenvalue weighted by Gasteiger charge is -2.04. The number of benzene rings is 1. The molecule has 0 bridgehead atoms. The van der Waals surface area contributed by atoms with Gasteiger partial charge in [0.2, 0.25) is 0 Å². The fourth-order valence-corrected chi connectivity index (χ4v) is 1.94. The molecule has 0 saturated heterocycles. The first-order chi connectivity index (χ1) is 8.76. The van der Waals surface area contributed by atoms with E-state index in [4.69, 9.17) is 5.11 Å². The lowest BCUT2D eigenvalue weighted by atomic mass is 10.2. The summed E-state index contributed by atoms with van der Waals surface area (Å²) in [4.78, 5) is 11.6. The highest BCUT2D eigenvalue weighted by atomic mass is 16.3. The molecule has 0 atom stereocenters. The monoisotopic (exact) mass is 247 g/mol. The smallest absolute Gasteiger partial charge is 0.319 e. The molecule has 0 radical (unpaired) electrons. The van der Waals surface area contributed by atoms with Crippen LogP contribution in [0.15, 0.2) is 30.5 Å². The Morgan fingerprint density at radius 1 is 1.39 bits per heavy atom. The van der Waals surface area contributed by atoms with Crippen LogP contribution in [0, 0.1) is 0 Å². The van der Waals surface area contributed by atoms with Crippen molar-refractivity contribution in [2.75, 3.05) is 18.5 Å². The fourth-order valence-electron chi connectivity index (χ4n) is 1.94. The van der Waals surface area contributed by atoms with Gasteiger partial charge in [-0.15, -0.1) is 0 Å². The van der Waals surface area contributed by atoms with Crippen molar-refractivity contribution in [1.29, 1.82) is 0 Å². The molecule has 0 spiro atoms. The van der Waals surface area contributed by atoms with Crippen LogP contribution in [0.4, 0.5) is 10.5 Å². The van der Waals surface area contributed by atoms with Crippen molar-refractivity contribution in [2.45, 2.75) is 13.5 Å². The van der Waals surface area contributed by atoms with Gasteiger partial charge in [0.05, 0.1) is 17.8 Å². The summed E-state index contributed by atoms with van der Waals surface area (Å²) < 4.78 is 2.08. The Morgan fingerprint density at radius 2 is 2.17 bits per heavy atom. The maximum atomic E-state index is 11.6. The summed E-state index contributed by atoms with van der Waals surface area (Å²) in [5.41, 5.74) is 1.88. The lowest BCUT2D eigenvalue weighted by molar-refractivity contribution is 0.245. The predicted molar refractivity (Wildman–Crippen MR) is 71.7 cm³/mol. The highest BCUT2D eigenvalue weighted by Gasteiger charge is 2.09. The molecule has 0 aliphatic rings. The molecular formula is C13H17N3O2. The van der Waals surface area contributed by atoms with Crippen LogP contribution in [0.3, 0.4) is 0 Å². The number of hydrogen-bond acceptors (Lipinski definition) is 2. The van der Waals surface area contributed by atoms with E-state index >= 15 is 0 Å². The first-order valence-corrected chi connectivity index (χ1v) is 6.00. The molecule has 0 unspecified atom stereocenters. The fraction of sp³-hybridized carbons (Fsp3) is 0.308. The molecule has 2 rings (SSSR count). The van der Waals surface area contributed by atoms with E-state index in [1.54, 1.807) is 0 Å². The van der Waals surface area contributed by atoms with Gasteiger partial charge in [-0.1, -0.05) is 18.2 Å². The normalized spacial score (nSPS) is 10.6. The van der Waals surface area contributed by atoms with Crippen LogP contribution < -0.4 is 10.6 Å². The summed E-state index contributed by atoms with van der Waals surface area (Å²) in [6.07, 6.45) is 1.92. The number of aliphatic hydroxyl groups is 1. The van der Waals surface area contributed by atoms with Gasteiger partial charge in [-0.05, 0) is 13.0 Å². The predicted octanol–water partition coefficient (Wildman–Crippen LogP) is 1.77. The Morgan fingerprint density at radius 3 is 2.89 bits per heavy atom. The molecule has 2 aromatic rings. The minimum Gasteiger partial charge on any atom is -0.395 e. The number of nitrogens with zero attached hydrogens (tertiary/aromatic N) is 1. The number of carbonyl (C=O) groups is 1. The molecule has 0 saturated carbocycles. The first kappa shape index (κ1) is 12.4. The number of anilines is 1. The summed E-state index contributed by atoms with van der Waals surface area (Å²) in [6, 6.07) is 7.62. The van der Waals surface area contributed by atoms with Gasteiger partial charge >= 0.3 is 6.03 Å². The van der Waals surface area contributed by atoms with Crippen molar-refractivity contribution in [3.8, 4) is 0 Å². The number of carbonyl (C=O) groups excluding carboxylic acids is 1. The summed E-state index contributed by atoms with van der Waals surface area (Å²) in [7, 11) is 0. The van der Waals surface area contributed by atoms with E-state index < -0.39 is 0 Å². The average molecular weight is 247 g/mol. The van der Waals surface area contributed by atoms with Crippen LogP contribution in [0.2, 0.25) is 0 Å². The van der Waals surface area contributed by atoms with E-state index in [0.717, 1.165) is 23.1 Å². The van der Waals surface area contributed by atoms with Crippen molar-refractivity contribution in [3.05, 3.63) is 30.5 Å². The van der Waals surface area contributed by atoms with Gasteiger partial charge in [-0.25, -0.2) is 4.79 Å². The molecular weight excluding hydrogens is 230 g/mol. The Balaban J connectivity index is 2.25. The summed E-state index contributed by atoms with van der Waals surface area (Å²) in [5.74, 6) is 0. The Kier molecular flexibility index (Phi) is 3.84. The molecule has 96 valence electrons. The van der Waals surface area contributed by atoms with Crippen LogP contribution in [0.1, 0.15) is 6.92 Å². The molecule has 1 aromatic carbocycles. The molecule has 0 aliphatic heterocycles. The number of aliphatic hydroxyl groups excluding tert-OH is 1. The second-order valence-electron chi connectivity index (χ2n) is 3.95. The summed E-state index contributed by atoms with van der Waals surface area (Å²) >= 11 is 0. The van der Waals surface area contributed by atoms with Crippen molar-refractivity contribution in [3.63, 3.8) is 0 Å². The topological polar surface area (TPSA) is 66.3 Å². The number of rotatable bonds is 4. The number of fused-ring (bicyclic) bond motifs is 1. The van der Waals surface area contributed by atoms with Crippen LogP contribution in [0.5, 0.6) is 0 Å². The molecule has 2 amide bonds. The molecule has 0 aliphatic carbocycles. The van der Waals surface area contributed by atoms with Crippen molar-refractivity contribution in [2.24, 2.45) is 0 Å². The van der Waals surface area contributed by atoms with Crippen LogP contribution in [0.25, 0.3) is 10.9 Å². The highest BCUT2D eigenvalue weighted by Crippen LogP contribution is 2.25. The second kappa shape index (κ2) is 5.55. The number of hydrogen-bond donors (Lipinski definition) is 3. The standard InChI is InChI=1S/C13H17N3O2/c1-2-16-9-11(15-13(18)14-7-8-17)10-5-3-4-6-12(10)16/h3-6,9,17H,2,7-8H2,1H3,(H2,14,15,18). The number of amides is 2. The number of aryl methyl sites for hydroxylation is 1. The van der Waals surface area contributed by atoms with Gasteiger partial charge < -0.3 is 20.3 Å². The van der Waals surface area contributed by atoms with E-state index in [1.807, 2.05) is 30.5 Å². The second-order valence-corrected chi connectivity index (χ2v) is 3.95. The summed E-state index contributed by atoms with van der Waals surface area (Å²) in [6.45, 7) is 3.09. The van der Waals surface area contributed by atoms with Gasteiger partial charge in [0.1, 0.15) is 0 Å². The largest absolute Gasteiger partial charge is 0.395 e. The SMILES string of the molecule is CCn1cc(NC(=O)NCCO)c2ccccc21. The maximum absolute atomic E-state index is 11.6. The molecule has 5 nitrogen and oxygen atoms in total. The molecule has 5 heteroatoms. The third kappa shape index (κ3) is 2.46. The zero-order valence-corrected chi connectivity index (χ0v) is 10.3. The zero-order valence-electron chi connectivity index (χ0n) is 10.3. The van der Waals surface area contributed by atoms with E-state index in [-0.39, 0.29) is 19.2 Å². The number of urea groups is 1. The Bertz CT molecular complexity index is 548. The molecule has 1 aromatic heterocycles. The first-order valence-electron chi connectivity index (χ1n) is 6.00. The molecule has 1 heterocycles. The van der Waals surface area contributed by atoms with Gasteiger partial charge in [0.25, 0.3) is 0 Å². The van der Waals surface area contributed by atoms with E-state index in [0.29, 0.717) is 0 Å². The van der Waals surface area contributed by atoms with Crippen LogP contribution in [-0.4, -0.2) is 28.9 Å². The Labute approximate surface area is 105 Å². The van der Waals surface area contributed by atoms with Crippen LogP contribution in [-0.2, 0) is 6.54 Å². The minimum absolute atomic E-state index is 0.0653. The number of nitrogens with one attached hydrogen (secondary N) is 2. The molecule has 3 N–H and O–H groups in total. The third-order valence-electron chi connectivity index (χ3n) is 2.77. The van der Waals surface area contributed by atoms with Crippen molar-refractivity contribution < 1.29 is 9.90 Å². The summed E-state index contributed by atoms with van der Waals surface area (Å²) in [5, 5.41) is 15.0. The van der Waals surface area contributed by atoms with Crippen LogP contribution >= 0.6 is 0 Å². The van der Waals surface area contributed by atoms with E-state index in [1.165, 1.54) is 0 Å². The van der Waals surface area contributed by atoms with Gasteiger partial charge in [0, 0.05) is 24.7 Å². The van der Waals surface area contributed by atoms with E-state index in [9.17, 15) is 4.79 Å². The van der Waals surface area contributed by atoms with E-state index in [2.05, 4.69) is 22.1 Å². The average Bonchev–Trinajstić information content (AvgIpc) is 2.75. The molecule has 18 heavy (non-hydrogen) atoms. The minimum atomic E-state index is -0.303. The molecule has 0 fully saturated rings. The third-order valence-corrected chi connectivity index (χ3v) is 2.77. The van der Waals surface area contributed by atoms with Gasteiger partial charge in [0.15, 0.2) is 0 Å². The van der Waals surface area contributed by atoms with Crippen molar-refractivity contribution >= 4 is 22.6 Å². The van der Waals surface area contributed by atoms with Crippen molar-refractivity contribution in [1.82, 2.24) is 9.88 Å².